The number of hydrogen-bond acceptors (Lipinski definition) is 6. The molecule has 3 rings (SSSR count). The van der Waals surface area contributed by atoms with Gasteiger partial charge in [-0.2, -0.15) is 0 Å². The van der Waals surface area contributed by atoms with E-state index in [0.29, 0.717) is 5.13 Å². The summed E-state index contributed by atoms with van der Waals surface area (Å²) in [4.78, 5) is 16.7. The lowest BCUT2D eigenvalue weighted by Crippen LogP contribution is -2.52. The fourth-order valence-electron chi connectivity index (χ4n) is 2.74. The third kappa shape index (κ3) is 3.88. The number of anilines is 2. The molecule has 0 spiro atoms. The van der Waals surface area contributed by atoms with Crippen LogP contribution in [0.1, 0.15) is 11.9 Å². The maximum Gasteiger partial charge on any atom is 0.243 e. The van der Waals surface area contributed by atoms with Gasteiger partial charge in [-0.3, -0.25) is 15.0 Å². The topological polar surface area (TPSA) is 61.4 Å². The van der Waals surface area contributed by atoms with Crippen molar-refractivity contribution in [1.29, 1.82) is 0 Å². The summed E-state index contributed by atoms with van der Waals surface area (Å²) in [5, 5.41) is 12.0. The normalized spacial score (nSPS) is 16.9. The second-order valence-electron chi connectivity index (χ2n) is 5.79. The summed E-state index contributed by atoms with van der Waals surface area (Å²) >= 11 is 1.37. The molecule has 0 saturated carbocycles. The van der Waals surface area contributed by atoms with Crippen molar-refractivity contribution in [3.05, 3.63) is 35.1 Å². The van der Waals surface area contributed by atoms with Gasteiger partial charge in [0.05, 0.1) is 6.04 Å². The van der Waals surface area contributed by atoms with Crippen molar-refractivity contribution in [1.82, 2.24) is 15.1 Å². The van der Waals surface area contributed by atoms with E-state index in [1.165, 1.54) is 23.5 Å². The first-order valence-electron chi connectivity index (χ1n) is 7.88. The molecule has 2 aromatic rings. The molecule has 1 aromatic carbocycles. The number of aromatic nitrogens is 2. The number of benzene rings is 1. The molecule has 24 heavy (non-hydrogen) atoms. The maximum atomic E-state index is 13.0. The number of halogens is 1. The summed E-state index contributed by atoms with van der Waals surface area (Å²) < 4.78 is 13.0. The molecule has 0 aliphatic carbocycles. The van der Waals surface area contributed by atoms with Crippen LogP contribution in [-0.2, 0) is 4.79 Å². The first-order chi connectivity index (χ1) is 11.5. The number of hydrogen-bond donors (Lipinski definition) is 1. The SMILES string of the molecule is Cc1nnc(NC(=O)C(C)N2CCN(c3ccc(F)cc3)CC2)s1. The van der Waals surface area contributed by atoms with Gasteiger partial charge in [0.2, 0.25) is 11.0 Å². The lowest BCUT2D eigenvalue weighted by molar-refractivity contribution is -0.120. The highest BCUT2D eigenvalue weighted by molar-refractivity contribution is 7.15. The van der Waals surface area contributed by atoms with Crippen LogP contribution in [0, 0.1) is 12.7 Å². The summed E-state index contributed by atoms with van der Waals surface area (Å²) in [6.45, 7) is 6.92. The van der Waals surface area contributed by atoms with Crippen LogP contribution in [-0.4, -0.2) is 53.2 Å². The fraction of sp³-hybridized carbons (Fsp3) is 0.438. The minimum absolute atomic E-state index is 0.0682. The molecule has 1 fully saturated rings. The van der Waals surface area contributed by atoms with Crippen LogP contribution in [0.5, 0.6) is 0 Å². The molecule has 1 atom stereocenters. The van der Waals surface area contributed by atoms with E-state index in [9.17, 15) is 9.18 Å². The maximum absolute atomic E-state index is 13.0. The minimum Gasteiger partial charge on any atom is -0.369 e. The van der Waals surface area contributed by atoms with Gasteiger partial charge >= 0.3 is 0 Å². The predicted molar refractivity (Wildman–Crippen MR) is 92.9 cm³/mol. The zero-order valence-electron chi connectivity index (χ0n) is 13.7. The van der Waals surface area contributed by atoms with Crippen molar-refractivity contribution >= 4 is 28.1 Å². The molecule has 0 bridgehead atoms. The highest BCUT2D eigenvalue weighted by atomic mass is 32.1. The molecule has 1 unspecified atom stereocenters. The number of aryl methyl sites for hydroxylation is 1. The molecule has 1 saturated heterocycles. The summed E-state index contributed by atoms with van der Waals surface area (Å²) in [5.74, 6) is -0.295. The number of nitrogens with one attached hydrogen (secondary N) is 1. The highest BCUT2D eigenvalue weighted by Crippen LogP contribution is 2.19. The number of carbonyl (C=O) groups excluding carboxylic acids is 1. The predicted octanol–water partition coefficient (Wildman–Crippen LogP) is 2.13. The smallest absolute Gasteiger partial charge is 0.243 e. The zero-order chi connectivity index (χ0) is 17.1. The van der Waals surface area contributed by atoms with Gasteiger partial charge in [0, 0.05) is 31.9 Å². The minimum atomic E-state index is -0.232. The number of amides is 1. The van der Waals surface area contributed by atoms with Crippen LogP contribution in [0.4, 0.5) is 15.2 Å². The molecule has 1 aliphatic rings. The Hall–Kier alpha value is -2.06. The standard InChI is InChI=1S/C16H20FN5OS/c1-11(15(23)18-16-20-19-12(2)24-16)21-7-9-22(10-8-21)14-5-3-13(17)4-6-14/h3-6,11H,7-10H2,1-2H3,(H,18,20,23). The molecule has 1 aliphatic heterocycles. The molecule has 0 radical (unpaired) electrons. The largest absolute Gasteiger partial charge is 0.369 e. The Morgan fingerprint density at radius 2 is 1.88 bits per heavy atom. The first-order valence-corrected chi connectivity index (χ1v) is 8.70. The van der Waals surface area contributed by atoms with Crippen LogP contribution in [0.2, 0.25) is 0 Å². The Bertz CT molecular complexity index is 697. The lowest BCUT2D eigenvalue weighted by atomic mass is 10.2. The van der Waals surface area contributed by atoms with E-state index >= 15 is 0 Å². The second-order valence-corrected chi connectivity index (χ2v) is 6.97. The van der Waals surface area contributed by atoms with Gasteiger partial charge in [-0.15, -0.1) is 10.2 Å². The van der Waals surface area contributed by atoms with Crippen LogP contribution in [0.25, 0.3) is 0 Å². The third-order valence-electron chi connectivity index (χ3n) is 4.19. The van der Waals surface area contributed by atoms with E-state index in [1.807, 2.05) is 13.8 Å². The molecule has 6 nitrogen and oxygen atoms in total. The third-order valence-corrected chi connectivity index (χ3v) is 4.94. The van der Waals surface area contributed by atoms with Crippen molar-refractivity contribution in [2.75, 3.05) is 36.4 Å². The van der Waals surface area contributed by atoms with E-state index in [4.69, 9.17) is 0 Å². The van der Waals surface area contributed by atoms with Gasteiger partial charge in [0.15, 0.2) is 0 Å². The van der Waals surface area contributed by atoms with Crippen LogP contribution >= 0.6 is 11.3 Å². The molecular weight excluding hydrogens is 329 g/mol. The molecule has 8 heteroatoms. The van der Waals surface area contributed by atoms with E-state index < -0.39 is 0 Å². The average molecular weight is 349 g/mol. The second kappa shape index (κ2) is 7.23. The van der Waals surface area contributed by atoms with E-state index in [1.54, 1.807) is 12.1 Å². The molecule has 128 valence electrons. The Balaban J connectivity index is 1.53. The van der Waals surface area contributed by atoms with Gasteiger partial charge in [-0.05, 0) is 38.1 Å². The number of carbonyl (C=O) groups is 1. The summed E-state index contributed by atoms with van der Waals surface area (Å²) in [7, 11) is 0. The van der Waals surface area contributed by atoms with Crippen LogP contribution in [0.3, 0.4) is 0 Å². The van der Waals surface area contributed by atoms with Gasteiger partial charge in [-0.25, -0.2) is 4.39 Å². The van der Waals surface area contributed by atoms with E-state index in [0.717, 1.165) is 36.9 Å². The molecule has 1 amide bonds. The Labute approximate surface area is 144 Å². The molecule has 1 N–H and O–H groups in total. The number of rotatable bonds is 4. The Morgan fingerprint density at radius 1 is 1.21 bits per heavy atom. The lowest BCUT2D eigenvalue weighted by Gasteiger charge is -2.38. The van der Waals surface area contributed by atoms with Crippen molar-refractivity contribution in [2.45, 2.75) is 19.9 Å². The van der Waals surface area contributed by atoms with Crippen LogP contribution in [0.15, 0.2) is 24.3 Å². The van der Waals surface area contributed by atoms with Gasteiger partial charge in [0.25, 0.3) is 0 Å². The molecule has 2 heterocycles. The fourth-order valence-corrected chi connectivity index (χ4v) is 3.34. The van der Waals surface area contributed by atoms with E-state index in [-0.39, 0.29) is 17.8 Å². The number of nitrogens with zero attached hydrogens (tertiary/aromatic N) is 4. The van der Waals surface area contributed by atoms with Gasteiger partial charge in [0.1, 0.15) is 10.8 Å². The van der Waals surface area contributed by atoms with Crippen molar-refractivity contribution in [2.24, 2.45) is 0 Å². The molecular formula is C16H20FN5OS. The van der Waals surface area contributed by atoms with Gasteiger partial charge < -0.3 is 4.90 Å². The Kier molecular flexibility index (Phi) is 5.06. The van der Waals surface area contributed by atoms with Crippen molar-refractivity contribution < 1.29 is 9.18 Å². The average Bonchev–Trinajstić information content (AvgIpc) is 3.00. The van der Waals surface area contributed by atoms with Crippen molar-refractivity contribution in [3.63, 3.8) is 0 Å². The highest BCUT2D eigenvalue weighted by Gasteiger charge is 2.26. The Morgan fingerprint density at radius 3 is 2.46 bits per heavy atom. The van der Waals surface area contributed by atoms with Crippen molar-refractivity contribution in [3.8, 4) is 0 Å². The summed E-state index contributed by atoms with van der Waals surface area (Å²) in [5.41, 5.74) is 1.01. The summed E-state index contributed by atoms with van der Waals surface area (Å²) in [6.07, 6.45) is 0. The monoisotopic (exact) mass is 349 g/mol. The zero-order valence-corrected chi connectivity index (χ0v) is 14.5. The first kappa shape index (κ1) is 16.8. The van der Waals surface area contributed by atoms with E-state index in [2.05, 4.69) is 25.3 Å². The number of piperazine rings is 1. The van der Waals surface area contributed by atoms with Crippen LogP contribution < -0.4 is 10.2 Å². The quantitative estimate of drug-likeness (QED) is 0.916. The van der Waals surface area contributed by atoms with Gasteiger partial charge in [-0.1, -0.05) is 11.3 Å². The molecule has 1 aromatic heterocycles. The summed E-state index contributed by atoms with van der Waals surface area (Å²) in [6, 6.07) is 6.30.